The summed E-state index contributed by atoms with van der Waals surface area (Å²) in [7, 11) is 1.90. The Labute approximate surface area is 164 Å². The topological polar surface area (TPSA) is 72.7 Å². The average Bonchev–Trinajstić information content (AvgIpc) is 3.27. The van der Waals surface area contributed by atoms with Crippen LogP contribution in [0.15, 0.2) is 71.0 Å². The van der Waals surface area contributed by atoms with E-state index in [0.717, 1.165) is 31.0 Å². The van der Waals surface area contributed by atoms with Crippen molar-refractivity contribution in [2.24, 2.45) is 7.05 Å². The quantitative estimate of drug-likeness (QED) is 0.514. The van der Waals surface area contributed by atoms with Gasteiger partial charge in [0.05, 0.1) is 10.2 Å². The number of fused-ring (bicyclic) bond motifs is 1. The minimum absolute atomic E-state index is 0.192. The number of nitrogens with zero attached hydrogens (tertiary/aromatic N) is 4. The monoisotopic (exact) mass is 393 g/mol. The first kappa shape index (κ1) is 17.4. The Morgan fingerprint density at radius 1 is 1.19 bits per heavy atom. The molecule has 2 aromatic carbocycles. The maximum atomic E-state index is 12.1. The van der Waals surface area contributed by atoms with Crippen LogP contribution in [0.4, 0.5) is 5.69 Å². The number of aromatic nitrogens is 4. The number of carbonyl (C=O) groups excluding carboxylic acids is 1. The molecule has 2 aromatic heterocycles. The Morgan fingerprint density at radius 2 is 2.00 bits per heavy atom. The Morgan fingerprint density at radius 3 is 2.74 bits per heavy atom. The van der Waals surface area contributed by atoms with Crippen LogP contribution in [0.2, 0.25) is 0 Å². The molecule has 1 amide bonds. The molecule has 0 aliphatic carbocycles. The molecule has 2 heterocycles. The summed E-state index contributed by atoms with van der Waals surface area (Å²) in [6, 6.07) is 15.5. The first-order chi connectivity index (χ1) is 13.2. The highest BCUT2D eigenvalue weighted by atomic mass is 32.2. The van der Waals surface area contributed by atoms with E-state index in [2.05, 4.69) is 20.5 Å². The van der Waals surface area contributed by atoms with Crippen molar-refractivity contribution in [3.05, 3.63) is 65.9 Å². The van der Waals surface area contributed by atoms with Gasteiger partial charge in [-0.2, -0.15) is 0 Å². The number of hydrogen-bond acceptors (Lipinski definition) is 6. The molecule has 0 saturated carbocycles. The van der Waals surface area contributed by atoms with Crippen LogP contribution in [0.5, 0.6) is 0 Å². The standard InChI is InChI=1S/C19H15N5OS2/c1-24-12-20-23-19(24)26-14-8-6-13(7-9-14)21-17(25)10-11-18-22-15-4-2-3-5-16(15)27-18/h2-12H,1H3,(H,21,25)/b11-10+. The number of carbonyl (C=O) groups is 1. The highest BCUT2D eigenvalue weighted by molar-refractivity contribution is 7.99. The SMILES string of the molecule is Cn1cnnc1Sc1ccc(NC(=O)/C=C/c2nc3ccccc3s2)cc1. The average molecular weight is 393 g/mol. The molecule has 1 N–H and O–H groups in total. The molecule has 4 rings (SSSR count). The second-order valence-electron chi connectivity index (χ2n) is 5.69. The fourth-order valence-corrected chi connectivity index (χ4v) is 4.00. The third kappa shape index (κ3) is 4.24. The van der Waals surface area contributed by atoms with Crippen LogP contribution in [0.1, 0.15) is 5.01 Å². The molecule has 0 unspecified atom stereocenters. The fraction of sp³-hybridized carbons (Fsp3) is 0.0526. The summed E-state index contributed by atoms with van der Waals surface area (Å²) in [5, 5.41) is 12.4. The molecule has 0 bridgehead atoms. The van der Waals surface area contributed by atoms with Gasteiger partial charge in [-0.1, -0.05) is 12.1 Å². The van der Waals surface area contributed by atoms with E-state index in [-0.39, 0.29) is 5.91 Å². The van der Waals surface area contributed by atoms with Crippen LogP contribution in [0.3, 0.4) is 0 Å². The number of benzene rings is 2. The molecule has 0 fully saturated rings. The summed E-state index contributed by atoms with van der Waals surface area (Å²) in [6.07, 6.45) is 4.90. The van der Waals surface area contributed by atoms with Crippen molar-refractivity contribution in [3.63, 3.8) is 0 Å². The Balaban J connectivity index is 1.38. The summed E-state index contributed by atoms with van der Waals surface area (Å²) >= 11 is 3.07. The minimum Gasteiger partial charge on any atom is -0.323 e. The van der Waals surface area contributed by atoms with Gasteiger partial charge in [0, 0.05) is 23.7 Å². The number of anilines is 1. The van der Waals surface area contributed by atoms with E-state index in [9.17, 15) is 4.79 Å². The number of nitrogens with one attached hydrogen (secondary N) is 1. The molecule has 0 saturated heterocycles. The molecular formula is C19H15N5OS2. The molecule has 0 atom stereocenters. The normalized spacial score (nSPS) is 11.3. The zero-order chi connectivity index (χ0) is 18.6. The van der Waals surface area contributed by atoms with Crippen molar-refractivity contribution in [2.75, 3.05) is 5.32 Å². The maximum absolute atomic E-state index is 12.1. The summed E-state index contributed by atoms with van der Waals surface area (Å²) in [5.74, 6) is -0.192. The lowest BCUT2D eigenvalue weighted by Crippen LogP contribution is -2.07. The predicted molar refractivity (Wildman–Crippen MR) is 109 cm³/mol. The fourth-order valence-electron chi connectivity index (χ4n) is 2.37. The lowest BCUT2D eigenvalue weighted by atomic mass is 10.3. The van der Waals surface area contributed by atoms with E-state index in [1.54, 1.807) is 23.7 Å². The van der Waals surface area contributed by atoms with E-state index in [0.29, 0.717) is 0 Å². The molecule has 6 nitrogen and oxygen atoms in total. The first-order valence-electron chi connectivity index (χ1n) is 8.14. The lowest BCUT2D eigenvalue weighted by molar-refractivity contribution is -0.111. The van der Waals surface area contributed by atoms with Gasteiger partial charge in [0.1, 0.15) is 11.3 Å². The number of para-hydroxylation sites is 1. The van der Waals surface area contributed by atoms with E-state index in [1.165, 1.54) is 17.8 Å². The van der Waals surface area contributed by atoms with Gasteiger partial charge in [0.25, 0.3) is 0 Å². The van der Waals surface area contributed by atoms with Crippen molar-refractivity contribution in [2.45, 2.75) is 10.1 Å². The third-order valence-electron chi connectivity index (χ3n) is 3.69. The second kappa shape index (κ2) is 7.73. The van der Waals surface area contributed by atoms with Crippen molar-refractivity contribution in [1.82, 2.24) is 19.7 Å². The van der Waals surface area contributed by atoms with Crippen LogP contribution in [-0.2, 0) is 11.8 Å². The zero-order valence-electron chi connectivity index (χ0n) is 14.4. The van der Waals surface area contributed by atoms with Crippen LogP contribution >= 0.6 is 23.1 Å². The first-order valence-corrected chi connectivity index (χ1v) is 9.77. The predicted octanol–water partition coefficient (Wildman–Crippen LogP) is 4.23. The smallest absolute Gasteiger partial charge is 0.248 e. The molecule has 0 spiro atoms. The Hall–Kier alpha value is -2.97. The van der Waals surface area contributed by atoms with Crippen molar-refractivity contribution >= 4 is 51.0 Å². The number of amides is 1. The van der Waals surface area contributed by atoms with Crippen molar-refractivity contribution in [3.8, 4) is 0 Å². The largest absolute Gasteiger partial charge is 0.323 e. The second-order valence-corrected chi connectivity index (χ2v) is 7.80. The highest BCUT2D eigenvalue weighted by Crippen LogP contribution is 2.26. The number of thiazole rings is 1. The molecule has 0 aliphatic heterocycles. The molecule has 134 valence electrons. The van der Waals surface area contributed by atoms with E-state index < -0.39 is 0 Å². The summed E-state index contributed by atoms with van der Waals surface area (Å²) in [4.78, 5) is 17.6. The summed E-state index contributed by atoms with van der Waals surface area (Å²) in [6.45, 7) is 0. The molecule has 0 aliphatic rings. The number of hydrogen-bond donors (Lipinski definition) is 1. The number of aryl methyl sites for hydroxylation is 1. The van der Waals surface area contributed by atoms with E-state index in [1.807, 2.05) is 60.1 Å². The van der Waals surface area contributed by atoms with Gasteiger partial charge in [0.2, 0.25) is 5.91 Å². The van der Waals surface area contributed by atoms with Crippen LogP contribution in [0.25, 0.3) is 16.3 Å². The van der Waals surface area contributed by atoms with Gasteiger partial charge >= 0.3 is 0 Å². The van der Waals surface area contributed by atoms with Gasteiger partial charge in [-0.25, -0.2) is 4.98 Å². The summed E-state index contributed by atoms with van der Waals surface area (Å²) in [5.41, 5.74) is 1.68. The van der Waals surface area contributed by atoms with Crippen LogP contribution < -0.4 is 5.32 Å². The lowest BCUT2D eigenvalue weighted by Gasteiger charge is -2.04. The van der Waals surface area contributed by atoms with E-state index in [4.69, 9.17) is 0 Å². The van der Waals surface area contributed by atoms with Crippen LogP contribution in [0, 0.1) is 0 Å². The van der Waals surface area contributed by atoms with Gasteiger partial charge < -0.3 is 9.88 Å². The Bertz CT molecular complexity index is 1080. The van der Waals surface area contributed by atoms with Gasteiger partial charge in [0.15, 0.2) is 5.16 Å². The van der Waals surface area contributed by atoms with Crippen molar-refractivity contribution in [1.29, 1.82) is 0 Å². The minimum atomic E-state index is -0.192. The van der Waals surface area contributed by atoms with E-state index >= 15 is 0 Å². The molecule has 0 radical (unpaired) electrons. The summed E-state index contributed by atoms with van der Waals surface area (Å²) < 4.78 is 2.96. The molecule has 4 aromatic rings. The van der Waals surface area contributed by atoms with Gasteiger partial charge in [-0.15, -0.1) is 21.5 Å². The Kier molecular flexibility index (Phi) is 4.99. The van der Waals surface area contributed by atoms with Gasteiger partial charge in [-0.05, 0) is 54.2 Å². The maximum Gasteiger partial charge on any atom is 0.248 e. The zero-order valence-corrected chi connectivity index (χ0v) is 16.0. The van der Waals surface area contributed by atoms with Gasteiger partial charge in [-0.3, -0.25) is 4.79 Å². The molecular weight excluding hydrogens is 378 g/mol. The molecule has 8 heteroatoms. The number of rotatable bonds is 5. The van der Waals surface area contributed by atoms with Crippen LogP contribution in [-0.4, -0.2) is 25.7 Å². The highest BCUT2D eigenvalue weighted by Gasteiger charge is 2.05. The third-order valence-corrected chi connectivity index (χ3v) is 5.75. The molecule has 27 heavy (non-hydrogen) atoms. The van der Waals surface area contributed by atoms with Crippen molar-refractivity contribution < 1.29 is 4.79 Å².